The van der Waals surface area contributed by atoms with E-state index in [2.05, 4.69) is 0 Å². The SMILES string of the molecule is CC(C)CC(C(=O)N1CCC2C1C(=O)CN2C(=O)C(N)C(C)(C)C)c1cc(-c2cccs2)ccc1C(N)=O. The third-order valence-corrected chi connectivity index (χ3v) is 8.61. The molecule has 4 unspecified atom stereocenters. The van der Waals surface area contributed by atoms with Crippen LogP contribution in [0.15, 0.2) is 35.7 Å². The summed E-state index contributed by atoms with van der Waals surface area (Å²) < 4.78 is 0. The van der Waals surface area contributed by atoms with Crippen LogP contribution in [0.5, 0.6) is 0 Å². The molecule has 3 heterocycles. The molecule has 38 heavy (non-hydrogen) atoms. The first-order valence-corrected chi connectivity index (χ1v) is 14.1. The number of amides is 3. The van der Waals surface area contributed by atoms with Gasteiger partial charge in [-0.15, -0.1) is 11.3 Å². The first-order valence-electron chi connectivity index (χ1n) is 13.2. The highest BCUT2D eigenvalue weighted by atomic mass is 32.1. The predicted octanol–water partition coefficient (Wildman–Crippen LogP) is 3.40. The van der Waals surface area contributed by atoms with Crippen molar-refractivity contribution in [1.82, 2.24) is 9.80 Å². The topological polar surface area (TPSA) is 127 Å². The Hall–Kier alpha value is -3.04. The third-order valence-electron chi connectivity index (χ3n) is 7.69. The number of hydrogen-bond donors (Lipinski definition) is 2. The molecule has 0 bridgehead atoms. The van der Waals surface area contributed by atoms with Gasteiger partial charge in [0.25, 0.3) is 0 Å². The Kier molecular flexibility index (Phi) is 7.81. The number of benzene rings is 1. The van der Waals surface area contributed by atoms with E-state index in [9.17, 15) is 19.2 Å². The van der Waals surface area contributed by atoms with Gasteiger partial charge in [-0.05, 0) is 58.9 Å². The molecule has 2 aromatic rings. The van der Waals surface area contributed by atoms with Gasteiger partial charge in [0, 0.05) is 17.0 Å². The fourth-order valence-electron chi connectivity index (χ4n) is 5.61. The fraction of sp³-hybridized carbons (Fsp3) is 0.517. The summed E-state index contributed by atoms with van der Waals surface area (Å²) in [5.74, 6) is -1.71. The standard InChI is InChI=1S/C29H38N4O4S/c1-16(2)13-20(19-14-17(23-7-6-12-38-23)8-9-18(19)26(31)35)27(36)32-11-10-21-24(32)22(34)15-33(21)28(37)25(30)29(3,4)5/h6-9,12,14,16,20-21,24-25H,10-11,13,15,30H2,1-5H3,(H2,31,35). The van der Waals surface area contributed by atoms with Crippen molar-refractivity contribution in [2.24, 2.45) is 22.8 Å². The average molecular weight is 539 g/mol. The third kappa shape index (κ3) is 5.27. The largest absolute Gasteiger partial charge is 0.366 e. The Bertz CT molecular complexity index is 1230. The Morgan fingerprint density at radius 3 is 2.39 bits per heavy atom. The molecule has 204 valence electrons. The molecule has 3 amide bonds. The predicted molar refractivity (Wildman–Crippen MR) is 149 cm³/mol. The zero-order valence-electron chi connectivity index (χ0n) is 22.8. The van der Waals surface area contributed by atoms with Crippen LogP contribution in [0.2, 0.25) is 0 Å². The fourth-order valence-corrected chi connectivity index (χ4v) is 6.33. The first kappa shape index (κ1) is 28.0. The molecule has 4 N–H and O–H groups in total. The molecule has 4 atom stereocenters. The number of ketones is 1. The van der Waals surface area contributed by atoms with Crippen LogP contribution >= 0.6 is 11.3 Å². The lowest BCUT2D eigenvalue weighted by Crippen LogP contribution is -2.52. The summed E-state index contributed by atoms with van der Waals surface area (Å²) in [6.45, 7) is 10.0. The van der Waals surface area contributed by atoms with Crippen LogP contribution in [0.3, 0.4) is 0 Å². The summed E-state index contributed by atoms with van der Waals surface area (Å²) in [7, 11) is 0. The van der Waals surface area contributed by atoms with Crippen molar-refractivity contribution in [2.45, 2.75) is 71.5 Å². The summed E-state index contributed by atoms with van der Waals surface area (Å²) in [6, 6.07) is 7.53. The van der Waals surface area contributed by atoms with Crippen molar-refractivity contribution in [3.05, 3.63) is 46.8 Å². The molecule has 0 aliphatic carbocycles. The molecule has 2 aliphatic rings. The van der Waals surface area contributed by atoms with Crippen LogP contribution in [0.1, 0.15) is 69.3 Å². The van der Waals surface area contributed by atoms with Crippen LogP contribution < -0.4 is 11.5 Å². The second kappa shape index (κ2) is 10.6. The first-order chi connectivity index (χ1) is 17.8. The van der Waals surface area contributed by atoms with Crippen molar-refractivity contribution in [3.63, 3.8) is 0 Å². The highest BCUT2D eigenvalue weighted by Crippen LogP contribution is 2.38. The number of hydrogen-bond acceptors (Lipinski definition) is 6. The molecule has 4 rings (SSSR count). The number of rotatable bonds is 7. The summed E-state index contributed by atoms with van der Waals surface area (Å²) in [6.07, 6.45) is 1.00. The summed E-state index contributed by atoms with van der Waals surface area (Å²) in [5, 5.41) is 1.97. The van der Waals surface area contributed by atoms with Gasteiger partial charge in [0.2, 0.25) is 17.7 Å². The van der Waals surface area contributed by atoms with E-state index in [-0.39, 0.29) is 36.1 Å². The van der Waals surface area contributed by atoms with Gasteiger partial charge in [0.05, 0.1) is 24.5 Å². The molecule has 0 radical (unpaired) electrons. The van der Waals surface area contributed by atoms with E-state index in [1.165, 1.54) is 0 Å². The van der Waals surface area contributed by atoms with Crippen LogP contribution in [0.4, 0.5) is 0 Å². The number of thiophene rings is 1. The van der Waals surface area contributed by atoms with Crippen molar-refractivity contribution in [2.75, 3.05) is 13.1 Å². The number of nitrogens with two attached hydrogens (primary N) is 2. The molecule has 8 nitrogen and oxygen atoms in total. The lowest BCUT2D eigenvalue weighted by molar-refractivity contribution is -0.138. The number of Topliss-reactive ketones (excluding diaryl/α,β-unsaturated/α-hetero) is 1. The molecule has 2 saturated heterocycles. The number of carbonyl (C=O) groups excluding carboxylic acids is 4. The average Bonchev–Trinajstić information content (AvgIpc) is 3.59. The van der Waals surface area contributed by atoms with Gasteiger partial charge in [-0.3, -0.25) is 19.2 Å². The monoisotopic (exact) mass is 538 g/mol. The molecule has 0 spiro atoms. The molecule has 1 aromatic carbocycles. The minimum Gasteiger partial charge on any atom is -0.366 e. The van der Waals surface area contributed by atoms with Crippen molar-refractivity contribution < 1.29 is 19.2 Å². The molecular weight excluding hydrogens is 500 g/mol. The lowest BCUT2D eigenvalue weighted by atomic mass is 9.84. The summed E-state index contributed by atoms with van der Waals surface area (Å²) in [5.41, 5.74) is 13.4. The Labute approximate surface area is 228 Å². The number of primary amides is 1. The minimum atomic E-state index is -0.745. The van der Waals surface area contributed by atoms with Gasteiger partial charge in [-0.25, -0.2) is 0 Å². The number of fused-ring (bicyclic) bond motifs is 1. The smallest absolute Gasteiger partial charge is 0.249 e. The second-order valence-electron chi connectivity index (χ2n) is 11.9. The van der Waals surface area contributed by atoms with Gasteiger partial charge in [-0.2, -0.15) is 0 Å². The van der Waals surface area contributed by atoms with Gasteiger partial charge >= 0.3 is 0 Å². The Balaban J connectivity index is 1.68. The van der Waals surface area contributed by atoms with E-state index in [1.807, 2.05) is 64.3 Å². The number of carbonyl (C=O) groups is 4. The molecule has 1 aromatic heterocycles. The Morgan fingerprint density at radius 1 is 1.11 bits per heavy atom. The van der Waals surface area contributed by atoms with Gasteiger partial charge in [0.15, 0.2) is 5.78 Å². The molecule has 2 aliphatic heterocycles. The maximum Gasteiger partial charge on any atom is 0.249 e. The number of likely N-dealkylation sites (tertiary alicyclic amines) is 2. The minimum absolute atomic E-state index is 0.0447. The van der Waals surface area contributed by atoms with Gasteiger partial charge in [-0.1, -0.05) is 46.8 Å². The Morgan fingerprint density at radius 2 is 1.82 bits per heavy atom. The van der Waals surface area contributed by atoms with Crippen molar-refractivity contribution in [1.29, 1.82) is 0 Å². The molecule has 9 heteroatoms. The zero-order chi connectivity index (χ0) is 27.9. The molecule has 0 saturated carbocycles. The summed E-state index contributed by atoms with van der Waals surface area (Å²) >= 11 is 1.57. The normalized spacial score (nSPS) is 21.1. The van der Waals surface area contributed by atoms with E-state index in [0.29, 0.717) is 30.5 Å². The van der Waals surface area contributed by atoms with E-state index >= 15 is 0 Å². The van der Waals surface area contributed by atoms with E-state index < -0.39 is 29.3 Å². The highest BCUT2D eigenvalue weighted by molar-refractivity contribution is 7.13. The van der Waals surface area contributed by atoms with Gasteiger partial charge < -0.3 is 21.3 Å². The van der Waals surface area contributed by atoms with Crippen LogP contribution in [-0.2, 0) is 14.4 Å². The highest BCUT2D eigenvalue weighted by Gasteiger charge is 2.53. The number of nitrogens with zero attached hydrogens (tertiary/aromatic N) is 2. The molecule has 2 fully saturated rings. The van der Waals surface area contributed by atoms with E-state index in [0.717, 1.165) is 10.4 Å². The zero-order valence-corrected chi connectivity index (χ0v) is 23.6. The summed E-state index contributed by atoms with van der Waals surface area (Å²) in [4.78, 5) is 57.3. The van der Waals surface area contributed by atoms with Crippen LogP contribution in [0, 0.1) is 11.3 Å². The maximum atomic E-state index is 14.2. The second-order valence-corrected chi connectivity index (χ2v) is 12.9. The van der Waals surface area contributed by atoms with Crippen molar-refractivity contribution in [3.8, 4) is 10.4 Å². The van der Waals surface area contributed by atoms with Crippen molar-refractivity contribution >= 4 is 34.8 Å². The molecular formula is C29H38N4O4S. The van der Waals surface area contributed by atoms with E-state index in [4.69, 9.17) is 11.5 Å². The maximum absolute atomic E-state index is 14.2. The van der Waals surface area contributed by atoms with Gasteiger partial charge in [0.1, 0.15) is 6.04 Å². The quantitative estimate of drug-likeness (QED) is 0.559. The lowest BCUT2D eigenvalue weighted by Gasteiger charge is -2.32. The van der Waals surface area contributed by atoms with E-state index in [1.54, 1.807) is 27.2 Å². The van der Waals surface area contributed by atoms with Crippen LogP contribution in [0.25, 0.3) is 10.4 Å². The van der Waals surface area contributed by atoms with Crippen LogP contribution in [-0.4, -0.2) is 64.5 Å².